The van der Waals surface area contributed by atoms with E-state index >= 15 is 0 Å². The molecule has 0 N–H and O–H groups in total. The molecule has 358 valence electrons. The van der Waals surface area contributed by atoms with Gasteiger partial charge in [-0.3, -0.25) is 19.0 Å². The molecule has 70 heavy (non-hydrogen) atoms. The van der Waals surface area contributed by atoms with Crippen molar-refractivity contribution < 1.29 is 26.4 Å². The van der Waals surface area contributed by atoms with Gasteiger partial charge in [-0.25, -0.2) is 21.5 Å². The van der Waals surface area contributed by atoms with Crippen LogP contribution in [-0.2, 0) is 59.7 Å². The number of carbonyl (C=O) groups excluding carboxylic acids is 2. The summed E-state index contributed by atoms with van der Waals surface area (Å²) in [5, 5.41) is 53.0. The molecule has 12 rings (SSSR count). The first kappa shape index (κ1) is 44.1. The Labute approximate surface area is 401 Å². The second kappa shape index (κ2) is 15.7. The number of carbonyl (C=O) groups is 2. The van der Waals surface area contributed by atoms with Crippen LogP contribution in [0.1, 0.15) is 111 Å². The Morgan fingerprint density at radius 2 is 1.31 bits per heavy atom. The van der Waals surface area contributed by atoms with E-state index in [9.17, 15) is 36.9 Å². The third kappa shape index (κ3) is 7.04. The molecule has 2 aliphatic heterocycles. The second-order valence-corrected chi connectivity index (χ2v) is 24.9. The highest BCUT2D eigenvalue weighted by Gasteiger charge is 2.64. The third-order valence-corrected chi connectivity index (χ3v) is 21.4. The minimum Gasteiger partial charge on any atom is -0.335 e. The number of benzene rings is 2. The van der Waals surface area contributed by atoms with E-state index in [-0.39, 0.29) is 49.1 Å². The molecule has 2 aromatic carbocycles. The monoisotopic (exact) mass is 982 g/mol. The quantitative estimate of drug-likeness (QED) is 0.142. The Hall–Kier alpha value is -7.18. The average molecular weight is 983 g/mol. The van der Waals surface area contributed by atoms with E-state index in [2.05, 4.69) is 53.3 Å². The predicted octanol–water partition coefficient (Wildman–Crippen LogP) is 1.91. The third-order valence-electron chi connectivity index (χ3n) is 15.2. The smallest absolute Gasteiger partial charge is 0.272 e. The molecule has 0 saturated heterocycles. The summed E-state index contributed by atoms with van der Waals surface area (Å²) in [6, 6.07) is 16.6. The first-order valence-corrected chi connectivity index (χ1v) is 26.5. The van der Waals surface area contributed by atoms with E-state index in [1.807, 2.05) is 12.1 Å². The van der Waals surface area contributed by atoms with Crippen molar-refractivity contribution in [1.82, 2.24) is 69.8 Å². The molecule has 0 bridgehead atoms. The zero-order valence-electron chi connectivity index (χ0n) is 38.3. The fourth-order valence-electron chi connectivity index (χ4n) is 10.8. The highest BCUT2D eigenvalue weighted by Crippen LogP contribution is 2.57. The summed E-state index contributed by atoms with van der Waals surface area (Å²) in [5.41, 5.74) is 6.23. The number of nitriles is 2. The molecule has 22 nitrogen and oxygen atoms in total. The molecule has 4 aliphatic carbocycles. The molecule has 4 aromatic heterocycles. The molecule has 24 heteroatoms. The van der Waals surface area contributed by atoms with Gasteiger partial charge in [0.15, 0.2) is 19.7 Å². The zero-order valence-corrected chi connectivity index (χ0v) is 39.9. The van der Waals surface area contributed by atoms with Crippen molar-refractivity contribution in [3.8, 4) is 35.2 Å². The molecule has 2 unspecified atom stereocenters. The molecule has 0 radical (unpaired) electrons. The normalized spacial score (nSPS) is 21.0. The van der Waals surface area contributed by atoms with Crippen LogP contribution < -0.4 is 0 Å². The van der Waals surface area contributed by atoms with Gasteiger partial charge in [0.05, 0.1) is 56.3 Å². The maximum atomic E-state index is 14.7. The van der Waals surface area contributed by atoms with E-state index < -0.39 is 40.3 Å². The average Bonchev–Trinajstić information content (AvgIpc) is 4.23. The lowest BCUT2D eigenvalue weighted by atomic mass is 10.0. The molecule has 4 saturated carbocycles. The van der Waals surface area contributed by atoms with Crippen molar-refractivity contribution in [2.75, 3.05) is 26.2 Å². The topological polar surface area (TPSA) is 279 Å². The SMILES string of the molecule is Cn1nc(-c2nnn(Cc3ccc(C#N)cc3C3CC3S(=O)(=O)C3(CN4CCc5c(-c6nnnn6Cc6ccc(C#N)cc6)nn(C)c5C4=O)CC3)n2)c2c1C(=O)N(CC1(S(=O)(=O)C3CC3)CC1)CC2. The number of aromatic nitrogens is 12. The van der Waals surface area contributed by atoms with Gasteiger partial charge in [0.25, 0.3) is 11.8 Å². The van der Waals surface area contributed by atoms with Crippen molar-refractivity contribution in [2.45, 2.75) is 96.8 Å². The number of fused-ring (bicyclic) bond motifs is 2. The molecular formula is C46H46N16O6S2. The van der Waals surface area contributed by atoms with Gasteiger partial charge in [0, 0.05) is 57.3 Å². The van der Waals surface area contributed by atoms with Crippen molar-refractivity contribution >= 4 is 31.5 Å². The van der Waals surface area contributed by atoms with Gasteiger partial charge < -0.3 is 9.80 Å². The van der Waals surface area contributed by atoms with Gasteiger partial charge in [0.2, 0.25) is 11.6 Å². The Morgan fingerprint density at radius 3 is 1.93 bits per heavy atom. The summed E-state index contributed by atoms with van der Waals surface area (Å²) < 4.78 is 58.5. The number of tetrazole rings is 2. The first-order valence-electron chi connectivity index (χ1n) is 23.4. The Bertz CT molecular complexity index is 3510. The second-order valence-electron chi connectivity index (χ2n) is 19.7. The molecule has 6 aromatic rings. The van der Waals surface area contributed by atoms with E-state index in [1.54, 1.807) is 58.9 Å². The fraction of sp³-hybridized carbons (Fsp3) is 0.478. The number of aryl methyl sites for hydroxylation is 2. The zero-order chi connectivity index (χ0) is 48.5. The summed E-state index contributed by atoms with van der Waals surface area (Å²) in [6.07, 6.45) is 4.60. The summed E-state index contributed by atoms with van der Waals surface area (Å²) in [6.45, 7) is 1.31. The number of amides is 2. The van der Waals surface area contributed by atoms with Gasteiger partial charge in [-0.05, 0) is 114 Å². The molecule has 2 amide bonds. The van der Waals surface area contributed by atoms with Crippen LogP contribution in [0.3, 0.4) is 0 Å². The lowest BCUT2D eigenvalue weighted by Gasteiger charge is -2.31. The number of rotatable bonds is 15. The minimum absolute atomic E-state index is 0.0501. The molecular weight excluding hydrogens is 937 g/mol. The Balaban J connectivity index is 0.737. The van der Waals surface area contributed by atoms with Crippen LogP contribution in [0.2, 0.25) is 0 Å². The summed E-state index contributed by atoms with van der Waals surface area (Å²) in [7, 11) is -3.72. The molecule has 6 aliphatic rings. The van der Waals surface area contributed by atoms with Crippen molar-refractivity contribution in [1.29, 1.82) is 10.5 Å². The molecule has 0 spiro atoms. The van der Waals surface area contributed by atoms with E-state index in [0.29, 0.717) is 127 Å². The Morgan fingerprint density at radius 1 is 0.714 bits per heavy atom. The van der Waals surface area contributed by atoms with Crippen molar-refractivity contribution in [3.05, 3.63) is 92.8 Å². The van der Waals surface area contributed by atoms with Gasteiger partial charge in [-0.15, -0.1) is 15.3 Å². The predicted molar refractivity (Wildman–Crippen MR) is 246 cm³/mol. The van der Waals surface area contributed by atoms with Gasteiger partial charge in [-0.1, -0.05) is 18.2 Å². The standard InChI is InChI=1S/C46H46N16O6S2/c1-57-39-32(11-17-59(43(39)63)25-45(13-14-45)69(65,66)31-9-10-31)37(51-57)41-49-55-62(53-41)24-30-8-7-29(22-48)19-34(30)35-20-36(35)70(67,68)46(15-16-46)26-60-18-12-33-38(52-58(2)40(33)44(60)64)42-50-54-56-61(42)23-28-5-3-27(21-47)4-6-28/h3-8,19,31,35-36H,9-18,20,23-26H2,1-2H3. The number of sulfone groups is 2. The van der Waals surface area contributed by atoms with Gasteiger partial charge >= 0.3 is 0 Å². The van der Waals surface area contributed by atoms with E-state index in [4.69, 9.17) is 0 Å². The summed E-state index contributed by atoms with van der Waals surface area (Å²) in [4.78, 5) is 32.7. The van der Waals surface area contributed by atoms with Gasteiger partial charge in [-0.2, -0.15) is 25.5 Å². The maximum Gasteiger partial charge on any atom is 0.272 e. The lowest BCUT2D eigenvalue weighted by molar-refractivity contribution is 0.0717. The van der Waals surface area contributed by atoms with E-state index in [1.165, 1.54) is 14.2 Å². The summed E-state index contributed by atoms with van der Waals surface area (Å²) >= 11 is 0. The van der Waals surface area contributed by atoms with Gasteiger partial charge in [0.1, 0.15) is 22.8 Å². The highest BCUT2D eigenvalue weighted by atomic mass is 32.2. The van der Waals surface area contributed by atoms with Crippen LogP contribution in [0.5, 0.6) is 0 Å². The van der Waals surface area contributed by atoms with Crippen LogP contribution in [0.4, 0.5) is 0 Å². The lowest BCUT2D eigenvalue weighted by Crippen LogP contribution is -2.46. The number of hydrogen-bond donors (Lipinski definition) is 0. The number of nitrogens with zero attached hydrogens (tertiary/aromatic N) is 16. The molecule has 4 fully saturated rings. The molecule has 6 heterocycles. The first-order chi connectivity index (χ1) is 33.6. The number of hydrogen-bond acceptors (Lipinski definition) is 16. The largest absolute Gasteiger partial charge is 0.335 e. The van der Waals surface area contributed by atoms with Crippen molar-refractivity contribution in [3.63, 3.8) is 0 Å². The Kier molecular flexibility index (Phi) is 9.86. The maximum absolute atomic E-state index is 14.7. The van der Waals surface area contributed by atoms with Crippen LogP contribution >= 0.6 is 0 Å². The van der Waals surface area contributed by atoms with E-state index in [0.717, 1.165) is 11.1 Å². The highest BCUT2D eigenvalue weighted by molar-refractivity contribution is 7.94. The van der Waals surface area contributed by atoms with Crippen LogP contribution in [0, 0.1) is 22.7 Å². The van der Waals surface area contributed by atoms with Crippen LogP contribution in [-0.4, -0.2) is 145 Å². The minimum atomic E-state index is -3.77. The van der Waals surface area contributed by atoms with Crippen LogP contribution in [0.15, 0.2) is 42.5 Å². The van der Waals surface area contributed by atoms with Crippen molar-refractivity contribution in [2.24, 2.45) is 14.1 Å². The summed E-state index contributed by atoms with van der Waals surface area (Å²) in [5.74, 6) is -0.368. The van der Waals surface area contributed by atoms with Crippen LogP contribution in [0.25, 0.3) is 23.0 Å². The molecule has 2 atom stereocenters. The fourth-order valence-corrected chi connectivity index (χ4v) is 15.9.